The number of aromatic nitrogens is 4. The third-order valence-corrected chi connectivity index (χ3v) is 3.33. The fraction of sp³-hybridized carbons (Fsp3) is 0.188. The molecule has 0 atom stereocenters. The summed E-state index contributed by atoms with van der Waals surface area (Å²) >= 11 is 0. The first kappa shape index (κ1) is 13.3. The molecule has 0 aliphatic carbocycles. The molecule has 2 aromatic heterocycles. The molecule has 1 N–H and O–H groups in total. The second-order valence-electron chi connectivity index (χ2n) is 5.11. The van der Waals surface area contributed by atoms with Crippen molar-refractivity contribution in [2.45, 2.75) is 20.8 Å². The Morgan fingerprint density at radius 2 is 1.67 bits per heavy atom. The number of hydrogen-bond donors (Lipinski definition) is 1. The number of nitrogens with one attached hydrogen (secondary N) is 1. The fourth-order valence-electron chi connectivity index (χ4n) is 2.36. The Morgan fingerprint density at radius 3 is 2.33 bits per heavy atom. The summed E-state index contributed by atoms with van der Waals surface area (Å²) in [5.41, 5.74) is 4.36. The quantitative estimate of drug-likeness (QED) is 0.784. The molecule has 3 rings (SSSR count). The van der Waals surface area contributed by atoms with Crippen LogP contribution in [0.3, 0.4) is 0 Å². The average molecular weight is 280 g/mol. The van der Waals surface area contributed by atoms with Gasteiger partial charge in [-0.25, -0.2) is 9.97 Å². The fourth-order valence-corrected chi connectivity index (χ4v) is 2.36. The van der Waals surface area contributed by atoms with E-state index >= 15 is 0 Å². The van der Waals surface area contributed by atoms with Crippen LogP contribution in [0.5, 0.6) is 0 Å². The smallest absolute Gasteiger partial charge is 0.274 e. The standard InChI is InChI=1S/C16H16N4O/c1-10-6-4-5-7-13(10)14-9-15(21)20(19-14)16-17-11(2)8-12(3)18-16/h4-9,19H,1-3H3. The lowest BCUT2D eigenvalue weighted by molar-refractivity contribution is 0.773. The minimum absolute atomic E-state index is 0.168. The van der Waals surface area contributed by atoms with Crippen molar-refractivity contribution in [1.29, 1.82) is 0 Å². The summed E-state index contributed by atoms with van der Waals surface area (Å²) in [6.45, 7) is 5.78. The Balaban J connectivity index is 2.15. The summed E-state index contributed by atoms with van der Waals surface area (Å²) in [6, 6.07) is 11.4. The number of nitrogens with zero attached hydrogens (tertiary/aromatic N) is 3. The highest BCUT2D eigenvalue weighted by atomic mass is 16.1. The molecule has 3 aromatic rings. The third kappa shape index (κ3) is 2.50. The highest BCUT2D eigenvalue weighted by Crippen LogP contribution is 2.20. The number of hydrogen-bond acceptors (Lipinski definition) is 3. The van der Waals surface area contributed by atoms with E-state index in [-0.39, 0.29) is 5.56 Å². The number of H-pyrrole nitrogens is 1. The van der Waals surface area contributed by atoms with Gasteiger partial charge in [-0.05, 0) is 32.4 Å². The van der Waals surface area contributed by atoms with Crippen LogP contribution in [-0.2, 0) is 0 Å². The Bertz CT molecular complexity index is 840. The van der Waals surface area contributed by atoms with Gasteiger partial charge in [0, 0.05) is 23.0 Å². The number of aryl methyl sites for hydroxylation is 3. The summed E-state index contributed by atoms with van der Waals surface area (Å²) < 4.78 is 1.38. The number of rotatable bonds is 2. The van der Waals surface area contributed by atoms with Crippen LogP contribution in [0.15, 0.2) is 41.2 Å². The molecule has 0 amide bonds. The lowest BCUT2D eigenvalue weighted by atomic mass is 10.1. The molecule has 0 radical (unpaired) electrons. The summed E-state index contributed by atoms with van der Waals surface area (Å²) in [6.07, 6.45) is 0. The molecule has 1 aromatic carbocycles. The van der Waals surface area contributed by atoms with Crippen LogP contribution < -0.4 is 5.56 Å². The van der Waals surface area contributed by atoms with Crippen molar-refractivity contribution in [3.8, 4) is 17.2 Å². The summed E-state index contributed by atoms with van der Waals surface area (Å²) in [5, 5.41) is 3.09. The molecule has 0 aliphatic rings. The van der Waals surface area contributed by atoms with Gasteiger partial charge in [0.1, 0.15) is 0 Å². The Labute approximate surface area is 122 Å². The molecule has 2 heterocycles. The van der Waals surface area contributed by atoms with Crippen molar-refractivity contribution in [3.63, 3.8) is 0 Å². The van der Waals surface area contributed by atoms with Crippen LogP contribution in [0.1, 0.15) is 17.0 Å². The lowest BCUT2D eigenvalue weighted by Gasteiger charge is -2.04. The van der Waals surface area contributed by atoms with Gasteiger partial charge in [0.15, 0.2) is 0 Å². The summed E-state index contributed by atoms with van der Waals surface area (Å²) in [7, 11) is 0. The zero-order valence-corrected chi connectivity index (χ0v) is 12.2. The van der Waals surface area contributed by atoms with Crippen molar-refractivity contribution < 1.29 is 0 Å². The van der Waals surface area contributed by atoms with Crippen LogP contribution in [-0.4, -0.2) is 19.7 Å². The van der Waals surface area contributed by atoms with Crippen LogP contribution in [0, 0.1) is 20.8 Å². The summed E-state index contributed by atoms with van der Waals surface area (Å²) in [4.78, 5) is 20.8. The van der Waals surface area contributed by atoms with E-state index in [2.05, 4.69) is 15.1 Å². The van der Waals surface area contributed by atoms with E-state index in [1.54, 1.807) is 6.07 Å². The zero-order valence-electron chi connectivity index (χ0n) is 12.2. The first-order valence-corrected chi connectivity index (χ1v) is 6.75. The molecule has 0 fully saturated rings. The number of benzene rings is 1. The molecule has 0 aliphatic heterocycles. The molecule has 5 nitrogen and oxygen atoms in total. The SMILES string of the molecule is Cc1cc(C)nc(-n2[nH]c(-c3ccccc3C)cc2=O)n1. The van der Waals surface area contributed by atoms with Crippen LogP contribution in [0.25, 0.3) is 17.2 Å². The molecule has 21 heavy (non-hydrogen) atoms. The van der Waals surface area contributed by atoms with E-state index in [4.69, 9.17) is 0 Å². The minimum atomic E-state index is -0.168. The highest BCUT2D eigenvalue weighted by molar-refractivity contribution is 5.62. The molecule has 0 spiro atoms. The van der Waals surface area contributed by atoms with Crippen molar-refractivity contribution in [3.05, 3.63) is 63.7 Å². The maximum atomic E-state index is 12.2. The maximum absolute atomic E-state index is 12.2. The Hall–Kier alpha value is -2.69. The van der Waals surface area contributed by atoms with E-state index in [9.17, 15) is 4.79 Å². The van der Waals surface area contributed by atoms with Gasteiger partial charge in [-0.15, -0.1) is 0 Å². The van der Waals surface area contributed by atoms with Crippen molar-refractivity contribution in [2.75, 3.05) is 0 Å². The molecular weight excluding hydrogens is 264 g/mol. The van der Waals surface area contributed by atoms with Gasteiger partial charge < -0.3 is 0 Å². The minimum Gasteiger partial charge on any atom is -0.288 e. The topological polar surface area (TPSA) is 63.6 Å². The third-order valence-electron chi connectivity index (χ3n) is 3.33. The van der Waals surface area contributed by atoms with Gasteiger partial charge in [0.05, 0.1) is 5.69 Å². The zero-order chi connectivity index (χ0) is 15.0. The molecule has 0 bridgehead atoms. The maximum Gasteiger partial charge on any atom is 0.274 e. The molecule has 106 valence electrons. The molecule has 0 unspecified atom stereocenters. The predicted molar refractivity (Wildman–Crippen MR) is 81.6 cm³/mol. The second-order valence-corrected chi connectivity index (χ2v) is 5.11. The Morgan fingerprint density at radius 1 is 1.00 bits per heavy atom. The average Bonchev–Trinajstić information content (AvgIpc) is 2.80. The van der Waals surface area contributed by atoms with Gasteiger partial charge in [-0.3, -0.25) is 9.89 Å². The molecule has 0 saturated carbocycles. The largest absolute Gasteiger partial charge is 0.288 e. The van der Waals surface area contributed by atoms with E-state index in [1.165, 1.54) is 4.68 Å². The van der Waals surface area contributed by atoms with E-state index in [0.717, 1.165) is 28.2 Å². The van der Waals surface area contributed by atoms with Crippen LogP contribution in [0.2, 0.25) is 0 Å². The van der Waals surface area contributed by atoms with Gasteiger partial charge in [-0.2, -0.15) is 4.68 Å². The van der Waals surface area contributed by atoms with Crippen molar-refractivity contribution >= 4 is 0 Å². The van der Waals surface area contributed by atoms with Crippen molar-refractivity contribution in [2.24, 2.45) is 0 Å². The monoisotopic (exact) mass is 280 g/mol. The van der Waals surface area contributed by atoms with Gasteiger partial charge in [0.2, 0.25) is 0 Å². The summed E-state index contributed by atoms with van der Waals surface area (Å²) in [5.74, 6) is 0.373. The van der Waals surface area contributed by atoms with Gasteiger partial charge in [-0.1, -0.05) is 24.3 Å². The Kier molecular flexibility index (Phi) is 3.17. The molecule has 0 saturated heterocycles. The molecule has 5 heteroatoms. The van der Waals surface area contributed by atoms with Crippen LogP contribution in [0.4, 0.5) is 0 Å². The van der Waals surface area contributed by atoms with Crippen LogP contribution >= 0.6 is 0 Å². The van der Waals surface area contributed by atoms with Crippen molar-refractivity contribution in [1.82, 2.24) is 19.7 Å². The van der Waals surface area contributed by atoms with E-state index in [1.807, 2.05) is 51.1 Å². The second kappa shape index (κ2) is 5.01. The lowest BCUT2D eigenvalue weighted by Crippen LogP contribution is -2.17. The van der Waals surface area contributed by atoms with E-state index < -0.39 is 0 Å². The molecular formula is C16H16N4O. The highest BCUT2D eigenvalue weighted by Gasteiger charge is 2.11. The van der Waals surface area contributed by atoms with Gasteiger partial charge >= 0.3 is 0 Å². The first-order valence-electron chi connectivity index (χ1n) is 6.75. The number of aromatic amines is 1. The predicted octanol–water partition coefficient (Wildman–Crippen LogP) is 2.55. The normalized spacial score (nSPS) is 10.8. The first-order chi connectivity index (χ1) is 10.0. The van der Waals surface area contributed by atoms with Gasteiger partial charge in [0.25, 0.3) is 11.5 Å². The van der Waals surface area contributed by atoms with E-state index in [0.29, 0.717) is 5.95 Å².